The molecule has 3 aromatic rings. The summed E-state index contributed by atoms with van der Waals surface area (Å²) in [5.41, 5.74) is 0.705. The van der Waals surface area contributed by atoms with E-state index >= 15 is 0 Å². The molecule has 18 heavy (non-hydrogen) atoms. The number of pyridine rings is 1. The van der Waals surface area contributed by atoms with Crippen molar-refractivity contribution in [3.63, 3.8) is 0 Å². The minimum absolute atomic E-state index is 0.199. The maximum absolute atomic E-state index is 11.2. The number of nitrogens with zero attached hydrogens (tertiary/aromatic N) is 2. The van der Waals surface area contributed by atoms with Gasteiger partial charge in [0, 0.05) is 30.0 Å². The molecule has 0 saturated carbocycles. The summed E-state index contributed by atoms with van der Waals surface area (Å²) >= 11 is 5.17. The summed E-state index contributed by atoms with van der Waals surface area (Å²) in [4.78, 5) is 17.9. The molecule has 88 valence electrons. The molecule has 0 unspecified atom stereocenters. The number of rotatable bonds is 1. The molecule has 0 atom stereocenters. The molecule has 0 spiro atoms. The van der Waals surface area contributed by atoms with Gasteiger partial charge >= 0.3 is 0 Å². The Labute approximate surface area is 108 Å². The molecule has 1 N–H and O–H groups in total. The summed E-state index contributed by atoms with van der Waals surface area (Å²) in [5.74, 6) is 0. The Morgan fingerprint density at radius 1 is 1.22 bits per heavy atom. The predicted octanol–water partition coefficient (Wildman–Crippen LogP) is 2.44. The van der Waals surface area contributed by atoms with E-state index in [1.165, 1.54) is 6.07 Å². The van der Waals surface area contributed by atoms with E-state index in [0.29, 0.717) is 4.77 Å². The van der Waals surface area contributed by atoms with Crippen LogP contribution < -0.4 is 5.56 Å². The Morgan fingerprint density at radius 3 is 2.94 bits per heavy atom. The van der Waals surface area contributed by atoms with Crippen LogP contribution in [-0.2, 0) is 0 Å². The molecule has 0 saturated heterocycles. The van der Waals surface area contributed by atoms with E-state index in [1.54, 1.807) is 23.2 Å². The number of hydrogen-bond donors (Lipinski definition) is 1. The first-order chi connectivity index (χ1) is 8.75. The fourth-order valence-corrected chi connectivity index (χ4v) is 2.17. The Morgan fingerprint density at radius 2 is 2.11 bits per heavy atom. The summed E-state index contributed by atoms with van der Waals surface area (Å²) in [6.45, 7) is 0. The predicted molar refractivity (Wildman–Crippen MR) is 72.5 cm³/mol. The number of nitrogens with one attached hydrogen (secondary N) is 1. The van der Waals surface area contributed by atoms with Crippen LogP contribution in [0.1, 0.15) is 0 Å². The molecule has 0 fully saturated rings. The first kappa shape index (κ1) is 10.9. The van der Waals surface area contributed by atoms with Crippen LogP contribution in [0.5, 0.6) is 0 Å². The van der Waals surface area contributed by atoms with Crippen molar-refractivity contribution in [1.82, 2.24) is 14.5 Å². The van der Waals surface area contributed by atoms with Crippen LogP contribution in [-0.4, -0.2) is 14.5 Å². The molecule has 0 aliphatic carbocycles. The fraction of sp³-hybridized carbons (Fsp3) is 0. The smallest absolute Gasteiger partial charge is 0.251 e. The molecule has 4 nitrogen and oxygen atoms in total. The van der Waals surface area contributed by atoms with Crippen LogP contribution >= 0.6 is 12.2 Å². The lowest BCUT2D eigenvalue weighted by Gasteiger charge is -2.09. The number of hydrogen-bond acceptors (Lipinski definition) is 3. The molecule has 2 heterocycles. The molecular formula is C13H9N3OS. The SMILES string of the molecule is O=c1ccn(-c2cccc3ccncc23)c(=S)[nH]1. The topological polar surface area (TPSA) is 50.7 Å². The van der Waals surface area contributed by atoms with Gasteiger partial charge in [0.1, 0.15) is 0 Å². The van der Waals surface area contributed by atoms with E-state index in [9.17, 15) is 4.79 Å². The zero-order chi connectivity index (χ0) is 12.5. The number of H-pyrrole nitrogens is 1. The van der Waals surface area contributed by atoms with Gasteiger partial charge in [-0.25, -0.2) is 0 Å². The summed E-state index contributed by atoms with van der Waals surface area (Å²) < 4.78 is 2.14. The highest BCUT2D eigenvalue weighted by atomic mass is 32.1. The van der Waals surface area contributed by atoms with Crippen LogP contribution in [0.3, 0.4) is 0 Å². The van der Waals surface area contributed by atoms with Gasteiger partial charge in [0.05, 0.1) is 5.69 Å². The average molecular weight is 255 g/mol. The van der Waals surface area contributed by atoms with Gasteiger partial charge in [-0.3, -0.25) is 19.3 Å². The van der Waals surface area contributed by atoms with Crippen molar-refractivity contribution in [2.24, 2.45) is 0 Å². The maximum atomic E-state index is 11.2. The summed E-state index contributed by atoms with van der Waals surface area (Å²) in [6, 6.07) is 9.29. The Balaban J connectivity index is 2.38. The quantitative estimate of drug-likeness (QED) is 0.679. The van der Waals surface area contributed by atoms with Crippen molar-refractivity contribution in [1.29, 1.82) is 0 Å². The molecule has 5 heteroatoms. The third-order valence-corrected chi connectivity index (χ3v) is 3.04. The third-order valence-electron chi connectivity index (χ3n) is 2.74. The van der Waals surface area contributed by atoms with Gasteiger partial charge in [0.2, 0.25) is 0 Å². The van der Waals surface area contributed by atoms with Crippen molar-refractivity contribution in [3.8, 4) is 5.69 Å². The van der Waals surface area contributed by atoms with Gasteiger partial charge in [0.25, 0.3) is 5.56 Å². The molecule has 0 radical (unpaired) electrons. The Kier molecular flexibility index (Phi) is 2.53. The first-order valence-corrected chi connectivity index (χ1v) is 5.82. The lowest BCUT2D eigenvalue weighted by Crippen LogP contribution is -2.10. The number of benzene rings is 1. The lowest BCUT2D eigenvalue weighted by molar-refractivity contribution is 0.943. The van der Waals surface area contributed by atoms with Crippen LogP contribution in [0, 0.1) is 4.77 Å². The number of fused-ring (bicyclic) bond motifs is 1. The Hall–Kier alpha value is -2.27. The van der Waals surface area contributed by atoms with Crippen molar-refractivity contribution in [2.75, 3.05) is 0 Å². The average Bonchev–Trinajstić information content (AvgIpc) is 2.38. The van der Waals surface area contributed by atoms with Gasteiger partial charge in [-0.2, -0.15) is 0 Å². The van der Waals surface area contributed by atoms with Gasteiger partial charge in [-0.1, -0.05) is 12.1 Å². The minimum atomic E-state index is -0.199. The zero-order valence-electron chi connectivity index (χ0n) is 9.33. The van der Waals surface area contributed by atoms with Gasteiger partial charge in [-0.05, 0) is 29.7 Å². The highest BCUT2D eigenvalue weighted by molar-refractivity contribution is 7.71. The van der Waals surface area contributed by atoms with Crippen LogP contribution in [0.15, 0.2) is 53.7 Å². The van der Waals surface area contributed by atoms with Gasteiger partial charge in [0.15, 0.2) is 4.77 Å². The fourth-order valence-electron chi connectivity index (χ4n) is 1.91. The summed E-state index contributed by atoms with van der Waals surface area (Å²) in [7, 11) is 0. The van der Waals surface area contributed by atoms with Crippen LogP contribution in [0.25, 0.3) is 16.5 Å². The van der Waals surface area contributed by atoms with E-state index in [0.717, 1.165) is 16.5 Å². The second-order valence-electron chi connectivity index (χ2n) is 3.85. The highest BCUT2D eigenvalue weighted by Gasteiger charge is 2.03. The van der Waals surface area contributed by atoms with E-state index in [1.807, 2.05) is 24.3 Å². The lowest BCUT2D eigenvalue weighted by atomic mass is 10.1. The van der Waals surface area contributed by atoms with E-state index in [4.69, 9.17) is 12.2 Å². The molecule has 0 aliphatic rings. The molecule has 2 aromatic heterocycles. The molecule has 3 rings (SSSR count). The number of aromatic nitrogens is 3. The Bertz CT molecular complexity index is 830. The van der Waals surface area contributed by atoms with Crippen LogP contribution in [0.2, 0.25) is 0 Å². The van der Waals surface area contributed by atoms with Crippen molar-refractivity contribution in [3.05, 3.63) is 64.0 Å². The van der Waals surface area contributed by atoms with Gasteiger partial charge < -0.3 is 0 Å². The van der Waals surface area contributed by atoms with Gasteiger partial charge in [-0.15, -0.1) is 0 Å². The number of aromatic amines is 1. The van der Waals surface area contributed by atoms with Crippen molar-refractivity contribution < 1.29 is 0 Å². The van der Waals surface area contributed by atoms with Crippen molar-refractivity contribution >= 4 is 23.0 Å². The minimum Gasteiger partial charge on any atom is -0.299 e. The normalized spacial score (nSPS) is 10.7. The third kappa shape index (κ3) is 1.74. The second-order valence-corrected chi connectivity index (χ2v) is 4.24. The summed E-state index contributed by atoms with van der Waals surface area (Å²) in [6.07, 6.45) is 5.21. The maximum Gasteiger partial charge on any atom is 0.251 e. The summed E-state index contributed by atoms with van der Waals surface area (Å²) in [5, 5.41) is 2.07. The second kappa shape index (κ2) is 4.19. The first-order valence-electron chi connectivity index (χ1n) is 5.41. The molecule has 0 amide bonds. The standard InChI is InChI=1S/C13H9N3OS/c17-12-5-7-16(13(18)15-12)11-3-1-2-9-4-6-14-8-10(9)11/h1-8H,(H,15,17,18). The molecular weight excluding hydrogens is 246 g/mol. The highest BCUT2D eigenvalue weighted by Crippen LogP contribution is 2.20. The van der Waals surface area contributed by atoms with E-state index in [2.05, 4.69) is 9.97 Å². The monoisotopic (exact) mass is 255 g/mol. The molecule has 1 aromatic carbocycles. The largest absolute Gasteiger partial charge is 0.299 e. The van der Waals surface area contributed by atoms with Crippen molar-refractivity contribution in [2.45, 2.75) is 0 Å². The zero-order valence-corrected chi connectivity index (χ0v) is 10.1. The van der Waals surface area contributed by atoms with Crippen LogP contribution in [0.4, 0.5) is 0 Å². The van der Waals surface area contributed by atoms with E-state index < -0.39 is 0 Å². The van der Waals surface area contributed by atoms with E-state index in [-0.39, 0.29) is 5.56 Å². The molecule has 0 bridgehead atoms. The molecule has 0 aliphatic heterocycles.